The van der Waals surface area contributed by atoms with Gasteiger partial charge in [0.05, 0.1) is 0 Å². The van der Waals surface area contributed by atoms with Crippen molar-refractivity contribution in [2.75, 3.05) is 13.2 Å². The third kappa shape index (κ3) is 15.7. The number of hydrogen-bond donors (Lipinski definition) is 0. The van der Waals surface area contributed by atoms with Crippen molar-refractivity contribution in [1.82, 2.24) is 0 Å². The highest BCUT2D eigenvalue weighted by Crippen LogP contribution is 2.09. The zero-order chi connectivity index (χ0) is 13.3. The minimum atomic E-state index is 0.974. The molecule has 0 aromatic heterocycles. The van der Waals surface area contributed by atoms with E-state index >= 15 is 0 Å². The summed E-state index contributed by atoms with van der Waals surface area (Å²) in [6.45, 7) is 7.94. The van der Waals surface area contributed by atoms with E-state index in [1.54, 1.807) is 0 Å². The van der Waals surface area contributed by atoms with Crippen LogP contribution in [-0.4, -0.2) is 13.2 Å². The average Bonchev–Trinajstić information content (AvgIpc) is 2.39. The highest BCUT2D eigenvalue weighted by molar-refractivity contribution is 4.65. The second kappa shape index (κ2) is 16.7. The van der Waals surface area contributed by atoms with Crippen molar-refractivity contribution in [3.63, 3.8) is 0 Å². The second-order valence-corrected chi connectivity index (χ2v) is 5.23. The first kappa shape index (κ1) is 17.7. The van der Waals surface area contributed by atoms with Gasteiger partial charge in [-0.1, -0.05) is 64.4 Å². The molecule has 0 spiro atoms. The first-order valence-corrected chi connectivity index (χ1v) is 8.10. The summed E-state index contributed by atoms with van der Waals surface area (Å²) in [6, 6.07) is 0. The van der Waals surface area contributed by atoms with Gasteiger partial charge in [-0.05, 0) is 25.7 Å². The van der Waals surface area contributed by atoms with Gasteiger partial charge >= 0.3 is 0 Å². The van der Waals surface area contributed by atoms with Gasteiger partial charge in [0.25, 0.3) is 0 Å². The Balaban J connectivity index is 2.88. The van der Waals surface area contributed by atoms with E-state index in [1.807, 2.05) is 6.08 Å². The first-order valence-electron chi connectivity index (χ1n) is 8.10. The van der Waals surface area contributed by atoms with Gasteiger partial charge in [-0.15, -0.1) is 6.58 Å². The Kier molecular flexibility index (Phi) is 16.4. The van der Waals surface area contributed by atoms with Gasteiger partial charge in [-0.2, -0.15) is 0 Å². The molecule has 1 nitrogen and oxygen atoms in total. The Bertz CT molecular complexity index is 154. The molecule has 0 atom stereocenters. The van der Waals surface area contributed by atoms with Crippen molar-refractivity contribution in [3.05, 3.63) is 12.7 Å². The number of rotatable bonds is 15. The van der Waals surface area contributed by atoms with E-state index in [0.29, 0.717) is 0 Å². The minimum absolute atomic E-state index is 0.974. The van der Waals surface area contributed by atoms with Gasteiger partial charge in [0.15, 0.2) is 0 Å². The van der Waals surface area contributed by atoms with Gasteiger partial charge in [-0.3, -0.25) is 0 Å². The fraction of sp³-hybridized carbons (Fsp3) is 0.882. The van der Waals surface area contributed by atoms with Crippen molar-refractivity contribution in [3.8, 4) is 0 Å². The van der Waals surface area contributed by atoms with Crippen LogP contribution in [0, 0.1) is 0 Å². The van der Waals surface area contributed by atoms with E-state index in [2.05, 4.69) is 13.5 Å². The smallest absolute Gasteiger partial charge is 0.0466 e. The van der Waals surface area contributed by atoms with Crippen LogP contribution >= 0.6 is 0 Å². The molecular formula is C17H34O. The Morgan fingerprint density at radius 2 is 1.22 bits per heavy atom. The molecule has 0 aliphatic rings. The summed E-state index contributed by atoms with van der Waals surface area (Å²) in [6.07, 6.45) is 17.9. The monoisotopic (exact) mass is 254 g/mol. The van der Waals surface area contributed by atoms with Crippen LogP contribution in [0.25, 0.3) is 0 Å². The first-order chi connectivity index (χ1) is 8.91. The quantitative estimate of drug-likeness (QED) is 0.261. The maximum Gasteiger partial charge on any atom is 0.0466 e. The highest BCUT2D eigenvalue weighted by Gasteiger charge is 1.93. The molecule has 0 aromatic rings. The summed E-state index contributed by atoms with van der Waals surface area (Å²) in [5.74, 6) is 0. The van der Waals surface area contributed by atoms with Crippen LogP contribution in [0.2, 0.25) is 0 Å². The van der Waals surface area contributed by atoms with Crippen LogP contribution < -0.4 is 0 Å². The SMILES string of the molecule is C=CCCCCCCCCCOCCCCCC. The molecule has 108 valence electrons. The molecule has 0 heterocycles. The summed E-state index contributed by atoms with van der Waals surface area (Å²) < 4.78 is 5.63. The van der Waals surface area contributed by atoms with E-state index in [9.17, 15) is 0 Å². The maximum atomic E-state index is 5.63. The van der Waals surface area contributed by atoms with Gasteiger partial charge in [0.2, 0.25) is 0 Å². The molecule has 0 aliphatic heterocycles. The molecule has 0 saturated heterocycles. The third-order valence-electron chi connectivity index (χ3n) is 3.34. The fourth-order valence-electron chi connectivity index (χ4n) is 2.11. The molecule has 0 unspecified atom stereocenters. The third-order valence-corrected chi connectivity index (χ3v) is 3.34. The Morgan fingerprint density at radius 1 is 0.722 bits per heavy atom. The number of unbranched alkanes of at least 4 members (excludes halogenated alkanes) is 10. The molecule has 0 radical (unpaired) electrons. The largest absolute Gasteiger partial charge is 0.381 e. The Hall–Kier alpha value is -0.300. The molecule has 0 bridgehead atoms. The van der Waals surface area contributed by atoms with E-state index in [-0.39, 0.29) is 0 Å². The molecular weight excluding hydrogens is 220 g/mol. The van der Waals surface area contributed by atoms with Crippen LogP contribution in [0.5, 0.6) is 0 Å². The lowest BCUT2D eigenvalue weighted by atomic mass is 10.1. The van der Waals surface area contributed by atoms with Crippen molar-refractivity contribution < 1.29 is 4.74 Å². The summed E-state index contributed by atoms with van der Waals surface area (Å²) in [5, 5.41) is 0. The highest BCUT2D eigenvalue weighted by atomic mass is 16.5. The van der Waals surface area contributed by atoms with Crippen molar-refractivity contribution >= 4 is 0 Å². The van der Waals surface area contributed by atoms with Crippen LogP contribution in [0.15, 0.2) is 12.7 Å². The number of ether oxygens (including phenoxy) is 1. The van der Waals surface area contributed by atoms with Gasteiger partial charge in [-0.25, -0.2) is 0 Å². The zero-order valence-electron chi connectivity index (χ0n) is 12.6. The van der Waals surface area contributed by atoms with Crippen molar-refractivity contribution in [2.45, 2.75) is 84.0 Å². The van der Waals surface area contributed by atoms with E-state index in [1.165, 1.54) is 77.0 Å². The van der Waals surface area contributed by atoms with Crippen molar-refractivity contribution in [2.24, 2.45) is 0 Å². The number of allylic oxidation sites excluding steroid dienone is 1. The predicted molar refractivity (Wildman–Crippen MR) is 82.1 cm³/mol. The molecule has 0 aromatic carbocycles. The molecule has 0 aliphatic carbocycles. The average molecular weight is 254 g/mol. The summed E-state index contributed by atoms with van der Waals surface area (Å²) in [5.41, 5.74) is 0. The summed E-state index contributed by atoms with van der Waals surface area (Å²) >= 11 is 0. The summed E-state index contributed by atoms with van der Waals surface area (Å²) in [7, 11) is 0. The Morgan fingerprint density at radius 3 is 1.78 bits per heavy atom. The van der Waals surface area contributed by atoms with E-state index in [0.717, 1.165) is 13.2 Å². The van der Waals surface area contributed by atoms with Crippen LogP contribution in [0.1, 0.15) is 84.0 Å². The lowest BCUT2D eigenvalue weighted by molar-refractivity contribution is 0.125. The van der Waals surface area contributed by atoms with Gasteiger partial charge < -0.3 is 4.74 Å². The minimum Gasteiger partial charge on any atom is -0.381 e. The van der Waals surface area contributed by atoms with Gasteiger partial charge in [0, 0.05) is 13.2 Å². The molecule has 0 N–H and O–H groups in total. The van der Waals surface area contributed by atoms with Crippen LogP contribution in [0.3, 0.4) is 0 Å². The lowest BCUT2D eigenvalue weighted by Crippen LogP contribution is -1.97. The second-order valence-electron chi connectivity index (χ2n) is 5.23. The van der Waals surface area contributed by atoms with E-state index < -0.39 is 0 Å². The lowest BCUT2D eigenvalue weighted by Gasteiger charge is -2.04. The Labute approximate surface area is 115 Å². The van der Waals surface area contributed by atoms with Crippen LogP contribution in [0.4, 0.5) is 0 Å². The standard InChI is InChI=1S/C17H34O/c1-3-5-7-9-10-11-12-13-15-17-18-16-14-8-6-4-2/h3H,1,4-17H2,2H3. The predicted octanol–water partition coefficient (Wildman–Crippen LogP) is 5.89. The normalized spacial score (nSPS) is 10.7. The zero-order valence-corrected chi connectivity index (χ0v) is 12.6. The number of hydrogen-bond acceptors (Lipinski definition) is 1. The fourth-order valence-corrected chi connectivity index (χ4v) is 2.11. The van der Waals surface area contributed by atoms with Gasteiger partial charge in [0.1, 0.15) is 0 Å². The molecule has 1 heteroatoms. The van der Waals surface area contributed by atoms with E-state index in [4.69, 9.17) is 4.74 Å². The topological polar surface area (TPSA) is 9.23 Å². The molecule has 0 saturated carbocycles. The molecule has 0 rings (SSSR count). The molecule has 0 fully saturated rings. The molecule has 18 heavy (non-hydrogen) atoms. The summed E-state index contributed by atoms with van der Waals surface area (Å²) in [4.78, 5) is 0. The van der Waals surface area contributed by atoms with Crippen LogP contribution in [-0.2, 0) is 4.74 Å². The maximum absolute atomic E-state index is 5.63. The molecule has 0 amide bonds. The van der Waals surface area contributed by atoms with Crippen molar-refractivity contribution in [1.29, 1.82) is 0 Å².